The average molecular weight is 485 g/mol. The van der Waals surface area contributed by atoms with E-state index in [9.17, 15) is 4.79 Å². The Morgan fingerprint density at radius 2 is 1.52 bits per heavy atom. The van der Waals surface area contributed by atoms with Gasteiger partial charge in [-0.05, 0) is 80.8 Å². The molecule has 1 amide bonds. The van der Waals surface area contributed by atoms with Gasteiger partial charge < -0.3 is 15.0 Å². The van der Waals surface area contributed by atoms with E-state index in [1.807, 2.05) is 80.3 Å². The fraction of sp³-hybridized carbons (Fsp3) is 0.296. The van der Waals surface area contributed by atoms with Gasteiger partial charge in [-0.2, -0.15) is 0 Å². The minimum absolute atomic E-state index is 0.0779. The maximum atomic E-state index is 13.6. The summed E-state index contributed by atoms with van der Waals surface area (Å²) < 4.78 is 5.92. The Bertz CT molecular complexity index is 1070. The van der Waals surface area contributed by atoms with Crippen molar-refractivity contribution in [1.82, 2.24) is 4.90 Å². The maximum Gasteiger partial charge on any atom is 0.256 e. The molecule has 0 aromatic heterocycles. The summed E-state index contributed by atoms with van der Waals surface area (Å²) in [7, 11) is 1.80. The van der Waals surface area contributed by atoms with Crippen LogP contribution in [0.2, 0.25) is 10.0 Å². The second-order valence-corrected chi connectivity index (χ2v) is 9.77. The van der Waals surface area contributed by atoms with Crippen LogP contribution in [0.15, 0.2) is 66.7 Å². The largest absolute Gasteiger partial charge is 0.488 e. The fourth-order valence-corrected chi connectivity index (χ4v) is 3.78. The van der Waals surface area contributed by atoms with Gasteiger partial charge in [0, 0.05) is 35.9 Å². The van der Waals surface area contributed by atoms with Crippen molar-refractivity contribution < 1.29 is 9.53 Å². The van der Waals surface area contributed by atoms with E-state index in [1.165, 1.54) is 0 Å². The van der Waals surface area contributed by atoms with E-state index in [2.05, 4.69) is 5.32 Å². The van der Waals surface area contributed by atoms with E-state index < -0.39 is 0 Å². The summed E-state index contributed by atoms with van der Waals surface area (Å²) in [6.45, 7) is 7.07. The number of anilines is 1. The van der Waals surface area contributed by atoms with Crippen LogP contribution in [0, 0.1) is 0 Å². The van der Waals surface area contributed by atoms with Crippen molar-refractivity contribution in [3.8, 4) is 5.75 Å². The van der Waals surface area contributed by atoms with Gasteiger partial charge in [0.1, 0.15) is 11.4 Å². The highest BCUT2D eigenvalue weighted by molar-refractivity contribution is 6.31. The van der Waals surface area contributed by atoms with Crippen LogP contribution in [0.5, 0.6) is 5.75 Å². The first-order valence-electron chi connectivity index (χ1n) is 10.9. The number of amides is 1. The Morgan fingerprint density at radius 1 is 0.909 bits per heavy atom. The van der Waals surface area contributed by atoms with Gasteiger partial charge >= 0.3 is 0 Å². The van der Waals surface area contributed by atoms with E-state index in [1.54, 1.807) is 19.2 Å². The van der Waals surface area contributed by atoms with E-state index in [4.69, 9.17) is 27.9 Å². The summed E-state index contributed by atoms with van der Waals surface area (Å²) in [4.78, 5) is 15.4. The number of nitrogens with zero attached hydrogens (tertiary/aromatic N) is 1. The molecule has 0 fully saturated rings. The minimum Gasteiger partial charge on any atom is -0.488 e. The molecule has 0 radical (unpaired) electrons. The smallest absolute Gasteiger partial charge is 0.256 e. The van der Waals surface area contributed by atoms with E-state index in [0.717, 1.165) is 22.6 Å². The molecule has 4 nitrogen and oxygen atoms in total. The summed E-state index contributed by atoms with van der Waals surface area (Å²) in [6.07, 6.45) is 0.712. The molecule has 0 atom stereocenters. The zero-order valence-corrected chi connectivity index (χ0v) is 21.0. The molecule has 6 heteroatoms. The molecular formula is C27H30Cl2N2O2. The van der Waals surface area contributed by atoms with Gasteiger partial charge in [-0.25, -0.2) is 0 Å². The number of nitrogens with one attached hydrogen (secondary N) is 1. The van der Waals surface area contributed by atoms with Gasteiger partial charge in [-0.3, -0.25) is 4.79 Å². The lowest BCUT2D eigenvalue weighted by Gasteiger charge is -2.25. The topological polar surface area (TPSA) is 41.6 Å². The maximum absolute atomic E-state index is 13.6. The molecule has 0 aliphatic rings. The van der Waals surface area contributed by atoms with Crippen molar-refractivity contribution in [1.29, 1.82) is 0 Å². The van der Waals surface area contributed by atoms with Gasteiger partial charge in [0.25, 0.3) is 5.91 Å². The first-order chi connectivity index (χ1) is 15.6. The molecule has 0 saturated heterocycles. The zero-order chi connectivity index (χ0) is 24.0. The predicted molar refractivity (Wildman–Crippen MR) is 138 cm³/mol. The SMILES string of the molecule is CNc1ccc(Cl)cc1C(=O)N(CCc1ccc(Cl)cc1)Cc1ccc(OC(C)(C)C)cc1. The van der Waals surface area contributed by atoms with Crippen LogP contribution >= 0.6 is 23.2 Å². The van der Waals surface area contributed by atoms with E-state index in [-0.39, 0.29) is 11.5 Å². The molecule has 3 rings (SSSR count). The van der Waals surface area contributed by atoms with Gasteiger partial charge in [0.05, 0.1) is 5.56 Å². The normalized spacial score (nSPS) is 11.2. The van der Waals surface area contributed by atoms with Crippen LogP contribution < -0.4 is 10.1 Å². The Hall–Kier alpha value is -2.69. The first-order valence-corrected chi connectivity index (χ1v) is 11.7. The second-order valence-electron chi connectivity index (χ2n) is 8.90. The lowest BCUT2D eigenvalue weighted by molar-refractivity contribution is 0.0746. The van der Waals surface area contributed by atoms with Crippen molar-refractivity contribution in [2.24, 2.45) is 0 Å². The van der Waals surface area contributed by atoms with Crippen molar-refractivity contribution in [3.05, 3.63) is 93.5 Å². The number of carbonyl (C=O) groups excluding carboxylic acids is 1. The van der Waals surface area contributed by atoms with Crippen molar-refractivity contribution in [2.75, 3.05) is 18.9 Å². The standard InChI is InChI=1S/C27H30Cl2N2O2/c1-27(2,3)33-23-12-7-20(8-13-23)18-31(16-15-19-5-9-21(28)10-6-19)26(32)24-17-22(29)11-14-25(24)30-4/h5-14,17,30H,15-16,18H2,1-4H3. The number of hydrogen-bond donors (Lipinski definition) is 1. The molecule has 0 unspecified atom stereocenters. The quantitative estimate of drug-likeness (QED) is 0.370. The lowest BCUT2D eigenvalue weighted by Crippen LogP contribution is -2.33. The predicted octanol–water partition coefficient (Wildman–Crippen LogP) is 7.10. The highest BCUT2D eigenvalue weighted by Gasteiger charge is 2.20. The minimum atomic E-state index is -0.266. The zero-order valence-electron chi connectivity index (χ0n) is 19.5. The third-order valence-electron chi connectivity index (χ3n) is 5.07. The molecule has 0 spiro atoms. The summed E-state index contributed by atoms with van der Waals surface area (Å²) in [5, 5.41) is 4.32. The fourth-order valence-electron chi connectivity index (χ4n) is 3.49. The van der Waals surface area contributed by atoms with Crippen molar-refractivity contribution >= 4 is 34.8 Å². The van der Waals surface area contributed by atoms with Crippen LogP contribution in [-0.4, -0.2) is 30.0 Å². The Kier molecular flexibility index (Phi) is 8.28. The van der Waals surface area contributed by atoms with Gasteiger partial charge in [-0.15, -0.1) is 0 Å². The van der Waals surface area contributed by atoms with Gasteiger partial charge in [-0.1, -0.05) is 47.5 Å². The number of ether oxygens (including phenoxy) is 1. The molecule has 1 N–H and O–H groups in total. The molecule has 3 aromatic rings. The van der Waals surface area contributed by atoms with E-state index >= 15 is 0 Å². The third-order valence-corrected chi connectivity index (χ3v) is 5.56. The molecule has 0 aliphatic carbocycles. The van der Waals surface area contributed by atoms with Crippen LogP contribution in [0.4, 0.5) is 5.69 Å². The lowest BCUT2D eigenvalue weighted by atomic mass is 10.1. The molecule has 174 valence electrons. The van der Waals surface area contributed by atoms with Crippen molar-refractivity contribution in [2.45, 2.75) is 39.3 Å². The van der Waals surface area contributed by atoms with Gasteiger partial charge in [0.2, 0.25) is 0 Å². The van der Waals surface area contributed by atoms with Crippen molar-refractivity contribution in [3.63, 3.8) is 0 Å². The Labute approximate surface area is 206 Å². The van der Waals surface area contributed by atoms with Crippen LogP contribution in [0.3, 0.4) is 0 Å². The number of halogens is 2. The molecule has 0 saturated carbocycles. The Morgan fingerprint density at radius 3 is 2.12 bits per heavy atom. The van der Waals surface area contributed by atoms with Gasteiger partial charge in [0.15, 0.2) is 0 Å². The monoisotopic (exact) mass is 484 g/mol. The summed E-state index contributed by atoms with van der Waals surface area (Å²) in [5.74, 6) is 0.725. The highest BCUT2D eigenvalue weighted by atomic mass is 35.5. The highest BCUT2D eigenvalue weighted by Crippen LogP contribution is 2.24. The molecule has 0 heterocycles. The van der Waals surface area contributed by atoms with Crippen LogP contribution in [0.1, 0.15) is 42.3 Å². The summed E-state index contributed by atoms with van der Waals surface area (Å²) in [6, 6.07) is 20.9. The Balaban J connectivity index is 1.84. The average Bonchev–Trinajstić information content (AvgIpc) is 2.77. The van der Waals surface area contributed by atoms with Crippen LogP contribution in [0.25, 0.3) is 0 Å². The number of rotatable bonds is 8. The summed E-state index contributed by atoms with van der Waals surface area (Å²) in [5.41, 5.74) is 3.17. The molecular weight excluding hydrogens is 455 g/mol. The van der Waals surface area contributed by atoms with Crippen LogP contribution in [-0.2, 0) is 13.0 Å². The first kappa shape index (κ1) is 24.9. The number of carbonyl (C=O) groups is 1. The third kappa shape index (κ3) is 7.41. The molecule has 0 aliphatic heterocycles. The molecule has 3 aromatic carbocycles. The number of benzene rings is 3. The summed E-state index contributed by atoms with van der Waals surface area (Å²) >= 11 is 12.2. The van der Waals surface area contributed by atoms with E-state index in [0.29, 0.717) is 35.1 Å². The number of hydrogen-bond acceptors (Lipinski definition) is 3. The second kappa shape index (κ2) is 11.0. The molecule has 33 heavy (non-hydrogen) atoms. The molecule has 0 bridgehead atoms.